The first kappa shape index (κ1) is 23.2. The molecule has 0 unspecified atom stereocenters. The highest BCUT2D eigenvalue weighted by atomic mass is 16.2. The lowest BCUT2D eigenvalue weighted by molar-refractivity contribution is -0.117. The van der Waals surface area contributed by atoms with Crippen molar-refractivity contribution in [1.29, 1.82) is 0 Å². The van der Waals surface area contributed by atoms with Crippen molar-refractivity contribution in [2.45, 2.75) is 46.2 Å². The standard InChI is InChI=1S/C28H29N3O3/c1-17-14-27(30-24-11-8-21(9-12-24)18(2)32)26-16-23(10-13-28(26)31(17)20(4)34)22-6-5-7-25(15-22)29-19(3)33/h5-13,15-17,27,30H,14H2,1-4H3,(H,29,33)/t17-,27+/m0/s1. The van der Waals surface area contributed by atoms with Gasteiger partial charge in [-0.2, -0.15) is 0 Å². The minimum Gasteiger partial charge on any atom is -0.378 e. The summed E-state index contributed by atoms with van der Waals surface area (Å²) in [4.78, 5) is 37.4. The van der Waals surface area contributed by atoms with Crippen molar-refractivity contribution in [1.82, 2.24) is 0 Å². The van der Waals surface area contributed by atoms with Gasteiger partial charge in [-0.05, 0) is 85.5 Å². The first-order chi connectivity index (χ1) is 16.2. The Balaban J connectivity index is 1.73. The second kappa shape index (κ2) is 9.51. The van der Waals surface area contributed by atoms with Crippen molar-refractivity contribution in [3.8, 4) is 11.1 Å². The van der Waals surface area contributed by atoms with Crippen molar-refractivity contribution in [3.63, 3.8) is 0 Å². The molecular weight excluding hydrogens is 426 g/mol. The van der Waals surface area contributed by atoms with Gasteiger partial charge in [0, 0.05) is 42.5 Å². The van der Waals surface area contributed by atoms with Gasteiger partial charge in [0.2, 0.25) is 11.8 Å². The predicted octanol–water partition coefficient (Wildman–Crippen LogP) is 5.81. The molecule has 2 amide bonds. The Morgan fingerprint density at radius 3 is 2.21 bits per heavy atom. The molecule has 3 aromatic rings. The van der Waals surface area contributed by atoms with E-state index >= 15 is 0 Å². The normalized spacial score (nSPS) is 17.0. The number of hydrogen-bond acceptors (Lipinski definition) is 4. The van der Waals surface area contributed by atoms with E-state index < -0.39 is 0 Å². The number of hydrogen-bond donors (Lipinski definition) is 2. The van der Waals surface area contributed by atoms with E-state index in [1.54, 1.807) is 13.8 Å². The van der Waals surface area contributed by atoms with E-state index in [9.17, 15) is 14.4 Å². The van der Waals surface area contributed by atoms with Crippen LogP contribution in [0.1, 0.15) is 56.1 Å². The molecule has 4 rings (SSSR count). The molecule has 6 nitrogen and oxygen atoms in total. The van der Waals surface area contributed by atoms with Crippen LogP contribution in [0.25, 0.3) is 11.1 Å². The van der Waals surface area contributed by atoms with Gasteiger partial charge in [-0.3, -0.25) is 14.4 Å². The van der Waals surface area contributed by atoms with Gasteiger partial charge in [0.25, 0.3) is 0 Å². The summed E-state index contributed by atoms with van der Waals surface area (Å²) < 4.78 is 0. The number of anilines is 3. The fraction of sp³-hybridized carbons (Fsp3) is 0.250. The number of amides is 2. The molecule has 0 fully saturated rings. The molecule has 6 heteroatoms. The minimum absolute atomic E-state index is 0.0118. The van der Waals surface area contributed by atoms with Gasteiger partial charge in [0.1, 0.15) is 0 Å². The van der Waals surface area contributed by atoms with Crippen LogP contribution in [0, 0.1) is 0 Å². The van der Waals surface area contributed by atoms with Crippen LogP contribution in [0.5, 0.6) is 0 Å². The summed E-state index contributed by atoms with van der Waals surface area (Å²) in [5, 5.41) is 6.43. The Kier molecular flexibility index (Phi) is 6.50. The maximum absolute atomic E-state index is 12.5. The molecule has 0 bridgehead atoms. The molecule has 2 N–H and O–H groups in total. The fourth-order valence-electron chi connectivity index (χ4n) is 4.64. The van der Waals surface area contributed by atoms with Gasteiger partial charge in [0.05, 0.1) is 6.04 Å². The number of nitrogens with one attached hydrogen (secondary N) is 2. The quantitative estimate of drug-likeness (QED) is 0.476. The van der Waals surface area contributed by atoms with E-state index in [0.717, 1.165) is 40.2 Å². The van der Waals surface area contributed by atoms with Crippen LogP contribution in [0.15, 0.2) is 66.7 Å². The van der Waals surface area contributed by atoms with Crippen molar-refractivity contribution < 1.29 is 14.4 Å². The topological polar surface area (TPSA) is 78.5 Å². The lowest BCUT2D eigenvalue weighted by Gasteiger charge is -2.39. The monoisotopic (exact) mass is 455 g/mol. The molecule has 174 valence electrons. The van der Waals surface area contributed by atoms with Gasteiger partial charge in [-0.1, -0.05) is 18.2 Å². The van der Waals surface area contributed by atoms with E-state index in [0.29, 0.717) is 5.56 Å². The van der Waals surface area contributed by atoms with E-state index in [1.165, 1.54) is 6.92 Å². The highest BCUT2D eigenvalue weighted by Crippen LogP contribution is 2.41. The Bertz CT molecular complexity index is 1250. The number of carbonyl (C=O) groups is 3. The van der Waals surface area contributed by atoms with Gasteiger partial charge < -0.3 is 15.5 Å². The Labute approximate surface area is 200 Å². The number of ketones is 1. The zero-order chi connectivity index (χ0) is 24.4. The maximum atomic E-state index is 12.5. The number of rotatable bonds is 5. The van der Waals surface area contributed by atoms with E-state index in [1.807, 2.05) is 65.6 Å². The molecule has 0 spiro atoms. The third-order valence-electron chi connectivity index (χ3n) is 6.17. The summed E-state index contributed by atoms with van der Waals surface area (Å²) in [6.45, 7) is 6.70. The molecule has 1 aliphatic heterocycles. The molecule has 0 radical (unpaired) electrons. The number of Topliss-reactive ketones (excluding diaryl/α,β-unsaturated/α-hetero) is 1. The van der Waals surface area contributed by atoms with E-state index in [2.05, 4.69) is 23.6 Å². The number of carbonyl (C=O) groups excluding carboxylic acids is 3. The summed E-state index contributed by atoms with van der Waals surface area (Å²) in [6.07, 6.45) is 0.746. The third kappa shape index (κ3) is 4.86. The van der Waals surface area contributed by atoms with Crippen LogP contribution in [-0.2, 0) is 9.59 Å². The van der Waals surface area contributed by atoms with Gasteiger partial charge in [-0.15, -0.1) is 0 Å². The third-order valence-corrected chi connectivity index (χ3v) is 6.17. The summed E-state index contributed by atoms with van der Waals surface area (Å²) >= 11 is 0. The first-order valence-electron chi connectivity index (χ1n) is 11.4. The van der Waals surface area contributed by atoms with Crippen molar-refractivity contribution >= 4 is 34.7 Å². The van der Waals surface area contributed by atoms with Gasteiger partial charge >= 0.3 is 0 Å². The van der Waals surface area contributed by atoms with Crippen LogP contribution in [0.4, 0.5) is 17.1 Å². The molecule has 1 heterocycles. The van der Waals surface area contributed by atoms with Crippen molar-refractivity contribution in [3.05, 3.63) is 77.9 Å². The molecule has 0 aliphatic carbocycles. The lowest BCUT2D eigenvalue weighted by Crippen LogP contribution is -2.43. The number of fused-ring (bicyclic) bond motifs is 1. The number of nitrogens with zero attached hydrogens (tertiary/aromatic N) is 1. The number of benzene rings is 3. The van der Waals surface area contributed by atoms with Crippen LogP contribution >= 0.6 is 0 Å². The SMILES string of the molecule is CC(=O)Nc1cccc(-c2ccc3c(c2)[C@H](Nc2ccc(C(C)=O)cc2)C[C@H](C)N3C(C)=O)c1. The fourth-order valence-corrected chi connectivity index (χ4v) is 4.64. The molecule has 0 saturated carbocycles. The molecular formula is C28H29N3O3. The summed E-state index contributed by atoms with van der Waals surface area (Å²) in [5.74, 6) is -0.0708. The van der Waals surface area contributed by atoms with E-state index in [-0.39, 0.29) is 29.7 Å². The summed E-state index contributed by atoms with van der Waals surface area (Å²) in [5.41, 5.74) is 6.24. The average molecular weight is 456 g/mol. The maximum Gasteiger partial charge on any atom is 0.224 e. The molecule has 0 saturated heterocycles. The minimum atomic E-state index is -0.117. The Hall–Kier alpha value is -3.93. The molecule has 1 aliphatic rings. The first-order valence-corrected chi connectivity index (χ1v) is 11.4. The van der Waals surface area contributed by atoms with E-state index in [4.69, 9.17) is 0 Å². The average Bonchev–Trinajstić information content (AvgIpc) is 2.78. The second-order valence-corrected chi connectivity index (χ2v) is 8.84. The van der Waals surface area contributed by atoms with Crippen LogP contribution in [-0.4, -0.2) is 23.6 Å². The Morgan fingerprint density at radius 2 is 1.56 bits per heavy atom. The molecule has 0 aromatic heterocycles. The van der Waals surface area contributed by atoms with Crippen LogP contribution in [0.2, 0.25) is 0 Å². The van der Waals surface area contributed by atoms with Gasteiger partial charge in [0.15, 0.2) is 5.78 Å². The largest absolute Gasteiger partial charge is 0.378 e. The van der Waals surface area contributed by atoms with Crippen molar-refractivity contribution in [2.24, 2.45) is 0 Å². The predicted molar refractivity (Wildman–Crippen MR) is 136 cm³/mol. The Morgan fingerprint density at radius 1 is 0.853 bits per heavy atom. The van der Waals surface area contributed by atoms with Crippen molar-refractivity contribution in [2.75, 3.05) is 15.5 Å². The zero-order valence-electron chi connectivity index (χ0n) is 19.9. The highest BCUT2D eigenvalue weighted by molar-refractivity contribution is 5.95. The zero-order valence-corrected chi connectivity index (χ0v) is 19.9. The van der Waals surface area contributed by atoms with Gasteiger partial charge in [-0.25, -0.2) is 0 Å². The van der Waals surface area contributed by atoms with Crippen LogP contribution < -0.4 is 15.5 Å². The smallest absolute Gasteiger partial charge is 0.224 e. The summed E-state index contributed by atoms with van der Waals surface area (Å²) in [6, 6.07) is 21.4. The lowest BCUT2D eigenvalue weighted by atomic mass is 9.88. The molecule has 3 aromatic carbocycles. The molecule has 2 atom stereocenters. The summed E-state index contributed by atoms with van der Waals surface area (Å²) in [7, 11) is 0. The highest BCUT2D eigenvalue weighted by Gasteiger charge is 2.32. The molecule has 34 heavy (non-hydrogen) atoms. The second-order valence-electron chi connectivity index (χ2n) is 8.84. The van der Waals surface area contributed by atoms with Crippen LogP contribution in [0.3, 0.4) is 0 Å².